The molecule has 2 heterocycles. The topological polar surface area (TPSA) is 62.3 Å². The molecule has 0 aromatic heterocycles. The summed E-state index contributed by atoms with van der Waals surface area (Å²) in [7, 11) is 0. The normalized spacial score (nSPS) is 18.4. The number of carbonyl (C=O) groups excluding carboxylic acids is 2. The van der Waals surface area contributed by atoms with Gasteiger partial charge in [-0.1, -0.05) is 17.7 Å². The predicted molar refractivity (Wildman–Crippen MR) is 102 cm³/mol. The smallest absolute Gasteiger partial charge is 0.236 e. The molecule has 0 atom stereocenters. The van der Waals surface area contributed by atoms with E-state index in [1.54, 1.807) is 17.0 Å². The molecular weight excluding hydrogens is 370 g/mol. The molecule has 0 spiro atoms. The van der Waals surface area contributed by atoms with E-state index in [-0.39, 0.29) is 11.8 Å². The molecule has 2 aliphatic rings. The van der Waals surface area contributed by atoms with Crippen molar-refractivity contribution in [3.8, 4) is 5.75 Å². The summed E-state index contributed by atoms with van der Waals surface area (Å²) in [6.45, 7) is 6.05. The van der Waals surface area contributed by atoms with Crippen LogP contribution in [0.25, 0.3) is 0 Å². The van der Waals surface area contributed by atoms with Gasteiger partial charge in [0.05, 0.1) is 32.8 Å². The highest BCUT2D eigenvalue weighted by atomic mass is 35.5. The standard InChI is InChI=1S/C19H26ClN3O4/c20-16-2-1-3-17(14-16)27-11-4-18(24)22-5-7-23(8-6-22)19(25)15-21-9-12-26-13-10-21/h1-3,14H,4-13,15H2. The second-order valence-corrected chi connectivity index (χ2v) is 7.14. The van der Waals surface area contributed by atoms with Gasteiger partial charge in [-0.2, -0.15) is 0 Å². The summed E-state index contributed by atoms with van der Waals surface area (Å²) in [5.74, 6) is 0.847. The van der Waals surface area contributed by atoms with Crippen LogP contribution in [0.5, 0.6) is 5.75 Å². The zero-order valence-electron chi connectivity index (χ0n) is 15.4. The van der Waals surface area contributed by atoms with E-state index in [1.165, 1.54) is 0 Å². The van der Waals surface area contributed by atoms with Crippen LogP contribution in [0.2, 0.25) is 5.02 Å². The number of ether oxygens (including phenoxy) is 2. The first-order valence-electron chi connectivity index (χ1n) is 9.36. The molecule has 1 aromatic carbocycles. The maximum Gasteiger partial charge on any atom is 0.236 e. The minimum absolute atomic E-state index is 0.0531. The Morgan fingerprint density at radius 3 is 2.33 bits per heavy atom. The lowest BCUT2D eigenvalue weighted by Gasteiger charge is -2.36. The van der Waals surface area contributed by atoms with E-state index in [9.17, 15) is 9.59 Å². The highest BCUT2D eigenvalue weighted by Gasteiger charge is 2.25. The van der Waals surface area contributed by atoms with Crippen molar-refractivity contribution >= 4 is 23.4 Å². The Morgan fingerprint density at radius 1 is 1.00 bits per heavy atom. The lowest BCUT2D eigenvalue weighted by molar-refractivity contribution is -0.141. The summed E-state index contributed by atoms with van der Waals surface area (Å²) < 4.78 is 10.9. The fourth-order valence-electron chi connectivity index (χ4n) is 3.23. The molecule has 0 aliphatic carbocycles. The number of carbonyl (C=O) groups is 2. The molecular formula is C19H26ClN3O4. The average Bonchev–Trinajstić information content (AvgIpc) is 2.69. The van der Waals surface area contributed by atoms with Gasteiger partial charge in [0.25, 0.3) is 0 Å². The van der Waals surface area contributed by atoms with Gasteiger partial charge in [0.15, 0.2) is 0 Å². The van der Waals surface area contributed by atoms with Crippen LogP contribution in [-0.2, 0) is 14.3 Å². The molecule has 0 unspecified atom stereocenters. The maximum absolute atomic E-state index is 12.4. The number of amides is 2. The summed E-state index contributed by atoms with van der Waals surface area (Å²) in [5.41, 5.74) is 0. The fourth-order valence-corrected chi connectivity index (χ4v) is 3.41. The van der Waals surface area contributed by atoms with E-state index in [1.807, 2.05) is 17.0 Å². The Bertz CT molecular complexity index is 644. The first-order valence-corrected chi connectivity index (χ1v) is 9.73. The van der Waals surface area contributed by atoms with Crippen molar-refractivity contribution in [3.05, 3.63) is 29.3 Å². The Morgan fingerprint density at radius 2 is 1.67 bits per heavy atom. The number of hydrogen-bond acceptors (Lipinski definition) is 5. The third-order valence-electron chi connectivity index (χ3n) is 4.83. The SMILES string of the molecule is O=C(CCOc1cccc(Cl)c1)N1CCN(C(=O)CN2CCOCC2)CC1. The van der Waals surface area contributed by atoms with Gasteiger partial charge in [-0.15, -0.1) is 0 Å². The van der Waals surface area contributed by atoms with Crippen molar-refractivity contribution in [2.45, 2.75) is 6.42 Å². The number of hydrogen-bond donors (Lipinski definition) is 0. The molecule has 0 N–H and O–H groups in total. The molecule has 0 saturated carbocycles. The molecule has 3 rings (SSSR count). The van der Waals surface area contributed by atoms with Crippen LogP contribution in [-0.4, -0.2) is 92.1 Å². The number of nitrogens with zero attached hydrogens (tertiary/aromatic N) is 3. The van der Waals surface area contributed by atoms with E-state index in [0.29, 0.717) is 69.7 Å². The van der Waals surface area contributed by atoms with Crippen molar-refractivity contribution in [2.75, 3.05) is 65.6 Å². The fraction of sp³-hybridized carbons (Fsp3) is 0.579. The minimum atomic E-state index is 0.0531. The number of rotatable bonds is 6. The molecule has 1 aromatic rings. The van der Waals surface area contributed by atoms with E-state index < -0.39 is 0 Å². The highest BCUT2D eigenvalue weighted by molar-refractivity contribution is 6.30. The summed E-state index contributed by atoms with van der Waals surface area (Å²) in [5, 5.41) is 0.608. The Kier molecular flexibility index (Phi) is 7.32. The molecule has 148 valence electrons. The number of benzene rings is 1. The summed E-state index contributed by atoms with van der Waals surface area (Å²) >= 11 is 5.91. The van der Waals surface area contributed by atoms with Crippen molar-refractivity contribution in [1.82, 2.24) is 14.7 Å². The van der Waals surface area contributed by atoms with Gasteiger partial charge in [-0.3, -0.25) is 14.5 Å². The lowest BCUT2D eigenvalue weighted by Crippen LogP contribution is -2.53. The molecule has 2 fully saturated rings. The molecule has 2 amide bonds. The van der Waals surface area contributed by atoms with Gasteiger partial charge in [-0.25, -0.2) is 0 Å². The third-order valence-corrected chi connectivity index (χ3v) is 5.06. The second-order valence-electron chi connectivity index (χ2n) is 6.71. The quantitative estimate of drug-likeness (QED) is 0.722. The molecule has 2 saturated heterocycles. The number of piperazine rings is 1. The van der Waals surface area contributed by atoms with Crippen LogP contribution < -0.4 is 4.74 Å². The number of halogens is 1. The molecule has 0 bridgehead atoms. The third kappa shape index (κ3) is 6.09. The minimum Gasteiger partial charge on any atom is -0.493 e. The van der Waals surface area contributed by atoms with Crippen LogP contribution in [0, 0.1) is 0 Å². The summed E-state index contributed by atoms with van der Waals surface area (Å²) in [6, 6.07) is 7.13. The highest BCUT2D eigenvalue weighted by Crippen LogP contribution is 2.17. The average molecular weight is 396 g/mol. The largest absolute Gasteiger partial charge is 0.493 e. The summed E-state index contributed by atoms with van der Waals surface area (Å²) in [4.78, 5) is 30.5. The molecule has 27 heavy (non-hydrogen) atoms. The van der Waals surface area contributed by atoms with Crippen molar-refractivity contribution in [1.29, 1.82) is 0 Å². The first kappa shape index (κ1) is 19.9. The van der Waals surface area contributed by atoms with Crippen LogP contribution in [0.1, 0.15) is 6.42 Å². The second kappa shape index (κ2) is 9.92. The van der Waals surface area contributed by atoms with Crippen molar-refractivity contribution in [2.24, 2.45) is 0 Å². The lowest BCUT2D eigenvalue weighted by atomic mass is 10.2. The van der Waals surface area contributed by atoms with Gasteiger partial charge in [0.1, 0.15) is 5.75 Å². The monoisotopic (exact) mass is 395 g/mol. The first-order chi connectivity index (χ1) is 13.1. The van der Waals surface area contributed by atoms with Crippen LogP contribution >= 0.6 is 11.6 Å². The van der Waals surface area contributed by atoms with Gasteiger partial charge in [-0.05, 0) is 18.2 Å². The zero-order valence-corrected chi connectivity index (χ0v) is 16.2. The predicted octanol–water partition coefficient (Wildman–Crippen LogP) is 1.11. The van der Waals surface area contributed by atoms with Crippen LogP contribution in [0.4, 0.5) is 0 Å². The van der Waals surface area contributed by atoms with Crippen molar-refractivity contribution < 1.29 is 19.1 Å². The Hall–Kier alpha value is -1.83. The molecule has 0 radical (unpaired) electrons. The molecule has 7 nitrogen and oxygen atoms in total. The Balaban J connectivity index is 1.35. The van der Waals surface area contributed by atoms with Gasteiger partial charge in [0.2, 0.25) is 11.8 Å². The van der Waals surface area contributed by atoms with Gasteiger partial charge >= 0.3 is 0 Å². The number of morpholine rings is 1. The Labute approximate surface area is 164 Å². The van der Waals surface area contributed by atoms with Crippen LogP contribution in [0.15, 0.2) is 24.3 Å². The maximum atomic E-state index is 12.4. The van der Waals surface area contributed by atoms with Crippen molar-refractivity contribution in [3.63, 3.8) is 0 Å². The zero-order chi connectivity index (χ0) is 19.1. The summed E-state index contributed by atoms with van der Waals surface area (Å²) in [6.07, 6.45) is 0.314. The van der Waals surface area contributed by atoms with E-state index in [4.69, 9.17) is 21.1 Å². The van der Waals surface area contributed by atoms with Gasteiger partial charge in [0, 0.05) is 44.3 Å². The van der Waals surface area contributed by atoms with Gasteiger partial charge < -0.3 is 19.3 Å². The molecule has 2 aliphatic heterocycles. The van der Waals surface area contributed by atoms with E-state index >= 15 is 0 Å². The molecule has 8 heteroatoms. The van der Waals surface area contributed by atoms with Crippen LogP contribution in [0.3, 0.4) is 0 Å². The van der Waals surface area contributed by atoms with E-state index in [2.05, 4.69) is 4.90 Å². The van der Waals surface area contributed by atoms with E-state index in [0.717, 1.165) is 13.1 Å².